The summed E-state index contributed by atoms with van der Waals surface area (Å²) < 4.78 is 0. The van der Waals surface area contributed by atoms with Gasteiger partial charge in [-0.1, -0.05) is 30.3 Å². The van der Waals surface area contributed by atoms with Gasteiger partial charge in [-0.05, 0) is 24.3 Å². The van der Waals surface area contributed by atoms with Gasteiger partial charge in [-0.15, -0.1) is 0 Å². The smallest absolute Gasteiger partial charge is 0.0583 e. The zero-order valence-electron chi connectivity index (χ0n) is 9.55. The fourth-order valence-electron chi connectivity index (χ4n) is 3.30. The lowest BCUT2D eigenvalue weighted by Crippen LogP contribution is -2.24. The fraction of sp³-hybridized carbons (Fsp3) is 0.571. The first-order valence-electron chi connectivity index (χ1n) is 6.27. The Morgan fingerprint density at radius 1 is 1.12 bits per heavy atom. The third kappa shape index (κ3) is 1.87. The highest BCUT2D eigenvalue weighted by Gasteiger charge is 2.41. The summed E-state index contributed by atoms with van der Waals surface area (Å²) in [5.74, 6) is 1.29. The Morgan fingerprint density at radius 3 is 2.69 bits per heavy atom. The van der Waals surface area contributed by atoms with Crippen LogP contribution in [0.3, 0.4) is 0 Å². The van der Waals surface area contributed by atoms with Crippen LogP contribution in [0.1, 0.15) is 18.4 Å². The maximum absolute atomic E-state index is 9.86. The summed E-state index contributed by atoms with van der Waals surface area (Å²) in [6, 6.07) is 10.6. The molecule has 1 aromatic rings. The monoisotopic (exact) mass is 217 g/mol. The highest BCUT2D eigenvalue weighted by atomic mass is 16.3. The Balaban J connectivity index is 1.63. The van der Waals surface area contributed by atoms with Crippen LogP contribution in [0, 0.1) is 11.8 Å². The van der Waals surface area contributed by atoms with Crippen molar-refractivity contribution in [3.8, 4) is 0 Å². The van der Waals surface area contributed by atoms with Crippen LogP contribution < -0.4 is 0 Å². The summed E-state index contributed by atoms with van der Waals surface area (Å²) in [4.78, 5) is 2.49. The molecule has 86 valence electrons. The van der Waals surface area contributed by atoms with Crippen molar-refractivity contribution in [3.05, 3.63) is 35.9 Å². The van der Waals surface area contributed by atoms with E-state index in [0.717, 1.165) is 25.4 Å². The molecule has 1 aromatic carbocycles. The zero-order chi connectivity index (χ0) is 11.0. The predicted octanol–water partition coefficient (Wildman–Crippen LogP) is 1.89. The minimum Gasteiger partial charge on any atom is -0.393 e. The Labute approximate surface area is 96.9 Å². The molecule has 0 radical (unpaired) electrons. The number of hydrogen-bond donors (Lipinski definition) is 1. The Kier molecular flexibility index (Phi) is 2.70. The van der Waals surface area contributed by atoms with E-state index in [2.05, 4.69) is 35.2 Å². The Bertz CT molecular complexity index is 351. The molecule has 0 aromatic heterocycles. The fourth-order valence-corrected chi connectivity index (χ4v) is 3.30. The van der Waals surface area contributed by atoms with E-state index in [0.29, 0.717) is 5.92 Å². The number of rotatable bonds is 2. The summed E-state index contributed by atoms with van der Waals surface area (Å²) in [6.07, 6.45) is 2.21. The first-order chi connectivity index (χ1) is 7.83. The number of aliphatic hydroxyl groups is 1. The molecule has 0 unspecified atom stereocenters. The second-order valence-electron chi connectivity index (χ2n) is 5.25. The van der Waals surface area contributed by atoms with Gasteiger partial charge in [-0.3, -0.25) is 4.90 Å². The maximum atomic E-state index is 9.86. The molecule has 1 aliphatic heterocycles. The van der Waals surface area contributed by atoms with Gasteiger partial charge >= 0.3 is 0 Å². The van der Waals surface area contributed by atoms with Crippen LogP contribution in [-0.2, 0) is 6.54 Å². The number of likely N-dealkylation sites (tertiary alicyclic amines) is 1. The van der Waals surface area contributed by atoms with Gasteiger partial charge in [-0.2, -0.15) is 0 Å². The third-order valence-electron chi connectivity index (χ3n) is 4.14. The lowest BCUT2D eigenvalue weighted by molar-refractivity contribution is 0.123. The molecule has 2 fully saturated rings. The molecule has 1 heterocycles. The molecule has 1 aliphatic carbocycles. The molecule has 2 aliphatic rings. The molecular formula is C14H19NO. The van der Waals surface area contributed by atoms with Crippen LogP contribution in [-0.4, -0.2) is 29.2 Å². The highest BCUT2D eigenvalue weighted by molar-refractivity contribution is 5.15. The average Bonchev–Trinajstić information content (AvgIpc) is 2.83. The molecule has 3 rings (SSSR count). The molecule has 1 saturated carbocycles. The molecule has 0 bridgehead atoms. The molecule has 2 heteroatoms. The molecule has 0 amide bonds. The van der Waals surface area contributed by atoms with E-state index in [9.17, 15) is 5.11 Å². The second kappa shape index (κ2) is 4.19. The summed E-state index contributed by atoms with van der Waals surface area (Å²) in [5, 5.41) is 9.86. The lowest BCUT2D eigenvalue weighted by atomic mass is 10.00. The van der Waals surface area contributed by atoms with Crippen LogP contribution >= 0.6 is 0 Å². The van der Waals surface area contributed by atoms with Gasteiger partial charge in [0.2, 0.25) is 0 Å². The van der Waals surface area contributed by atoms with Gasteiger partial charge < -0.3 is 5.11 Å². The molecule has 1 N–H and O–H groups in total. The van der Waals surface area contributed by atoms with Crippen LogP contribution in [0.5, 0.6) is 0 Å². The van der Waals surface area contributed by atoms with Crippen LogP contribution in [0.4, 0.5) is 0 Å². The van der Waals surface area contributed by atoms with Crippen LogP contribution in [0.25, 0.3) is 0 Å². The van der Waals surface area contributed by atoms with Gasteiger partial charge in [-0.25, -0.2) is 0 Å². The first-order valence-corrected chi connectivity index (χ1v) is 6.27. The van der Waals surface area contributed by atoms with Crippen molar-refractivity contribution in [2.45, 2.75) is 25.5 Å². The average molecular weight is 217 g/mol. The number of nitrogens with zero attached hydrogens (tertiary/aromatic N) is 1. The zero-order valence-corrected chi connectivity index (χ0v) is 9.55. The Hall–Kier alpha value is -0.860. The van der Waals surface area contributed by atoms with E-state index in [-0.39, 0.29) is 6.10 Å². The van der Waals surface area contributed by atoms with Crippen LogP contribution in [0.2, 0.25) is 0 Å². The molecule has 0 spiro atoms. The Morgan fingerprint density at radius 2 is 1.94 bits per heavy atom. The molecule has 1 saturated heterocycles. The lowest BCUT2D eigenvalue weighted by Gasteiger charge is -2.17. The van der Waals surface area contributed by atoms with Gasteiger partial charge in [0, 0.05) is 25.6 Å². The van der Waals surface area contributed by atoms with Crippen LogP contribution in [0.15, 0.2) is 30.3 Å². The second-order valence-corrected chi connectivity index (χ2v) is 5.25. The minimum absolute atomic E-state index is 0.0363. The summed E-state index contributed by atoms with van der Waals surface area (Å²) in [7, 11) is 0. The summed E-state index contributed by atoms with van der Waals surface area (Å²) in [6.45, 7) is 3.30. The van der Waals surface area contributed by atoms with E-state index >= 15 is 0 Å². The maximum Gasteiger partial charge on any atom is 0.0583 e. The van der Waals surface area contributed by atoms with E-state index in [4.69, 9.17) is 0 Å². The van der Waals surface area contributed by atoms with Gasteiger partial charge in [0.05, 0.1) is 6.10 Å². The normalized spacial score (nSPS) is 34.2. The highest BCUT2D eigenvalue weighted by Crippen LogP contribution is 2.38. The van der Waals surface area contributed by atoms with Gasteiger partial charge in [0.1, 0.15) is 0 Å². The predicted molar refractivity (Wildman–Crippen MR) is 63.9 cm³/mol. The molecule has 3 atom stereocenters. The number of fused-ring (bicyclic) bond motifs is 1. The molecular weight excluding hydrogens is 198 g/mol. The van der Waals surface area contributed by atoms with Gasteiger partial charge in [0.25, 0.3) is 0 Å². The number of benzene rings is 1. The van der Waals surface area contributed by atoms with E-state index in [1.165, 1.54) is 18.5 Å². The molecule has 2 nitrogen and oxygen atoms in total. The first kappa shape index (κ1) is 10.3. The SMILES string of the molecule is O[C@H]1CC[C@H]2CN(Cc3ccccc3)C[C@H]21. The van der Waals surface area contributed by atoms with Crippen molar-refractivity contribution in [3.63, 3.8) is 0 Å². The molecule has 16 heavy (non-hydrogen) atoms. The summed E-state index contributed by atoms with van der Waals surface area (Å²) >= 11 is 0. The minimum atomic E-state index is -0.0363. The number of hydrogen-bond acceptors (Lipinski definition) is 2. The van der Waals surface area contributed by atoms with Crippen molar-refractivity contribution in [2.75, 3.05) is 13.1 Å². The van der Waals surface area contributed by atoms with Crippen molar-refractivity contribution >= 4 is 0 Å². The van der Waals surface area contributed by atoms with Crippen molar-refractivity contribution < 1.29 is 5.11 Å². The topological polar surface area (TPSA) is 23.5 Å². The quantitative estimate of drug-likeness (QED) is 0.817. The van der Waals surface area contributed by atoms with Gasteiger partial charge in [0.15, 0.2) is 0 Å². The van der Waals surface area contributed by atoms with Crippen molar-refractivity contribution in [1.82, 2.24) is 4.90 Å². The van der Waals surface area contributed by atoms with E-state index in [1.54, 1.807) is 0 Å². The van der Waals surface area contributed by atoms with Crippen molar-refractivity contribution in [2.24, 2.45) is 11.8 Å². The standard InChI is InChI=1S/C14H19NO/c16-14-7-6-12-9-15(10-13(12)14)8-11-4-2-1-3-5-11/h1-5,12-14,16H,6-10H2/t12-,13+,14-/m0/s1. The third-order valence-corrected chi connectivity index (χ3v) is 4.14. The largest absolute Gasteiger partial charge is 0.393 e. The number of aliphatic hydroxyl groups excluding tert-OH is 1. The summed E-state index contributed by atoms with van der Waals surface area (Å²) in [5.41, 5.74) is 1.39. The van der Waals surface area contributed by atoms with Crippen molar-refractivity contribution in [1.29, 1.82) is 0 Å². The van der Waals surface area contributed by atoms with E-state index < -0.39 is 0 Å². The van der Waals surface area contributed by atoms with E-state index in [1.807, 2.05) is 0 Å².